The first kappa shape index (κ1) is 24.2. The molecular formula is C25H22ClF2NO4S. The van der Waals surface area contributed by atoms with E-state index >= 15 is 0 Å². The van der Waals surface area contributed by atoms with Crippen LogP contribution in [-0.4, -0.2) is 20.1 Å². The molecular weight excluding hydrogens is 484 g/mol. The van der Waals surface area contributed by atoms with Crippen molar-refractivity contribution in [3.05, 3.63) is 88.4 Å². The van der Waals surface area contributed by atoms with Gasteiger partial charge in [0.15, 0.2) is 21.4 Å². The van der Waals surface area contributed by atoms with Crippen LogP contribution in [0, 0.1) is 11.6 Å². The fraction of sp³-hybridized carbons (Fsp3) is 0.240. The van der Waals surface area contributed by atoms with Crippen LogP contribution in [0.3, 0.4) is 0 Å². The van der Waals surface area contributed by atoms with Crippen molar-refractivity contribution in [2.45, 2.75) is 36.7 Å². The average molecular weight is 506 g/mol. The standard InChI is InChI=1S/C25H22ClF2NO4S/c1-2-34(31,32)19-7-3-16(4-8-19)13-24(30)29-18-6-10-23(22(28)15-18)33-25(11-12-25)17-5-9-20(26)21(27)14-17/h3-10,14-15H,2,11-13H2,1H3,(H,29,30). The van der Waals surface area contributed by atoms with Crippen molar-refractivity contribution in [3.8, 4) is 5.75 Å². The third-order valence-corrected chi connectivity index (χ3v) is 7.75. The molecule has 1 aliphatic carbocycles. The van der Waals surface area contributed by atoms with Gasteiger partial charge in [-0.2, -0.15) is 0 Å². The van der Waals surface area contributed by atoms with Crippen molar-refractivity contribution in [2.24, 2.45) is 0 Å². The van der Waals surface area contributed by atoms with Gasteiger partial charge in [0.1, 0.15) is 11.4 Å². The maximum absolute atomic E-state index is 14.7. The fourth-order valence-electron chi connectivity index (χ4n) is 3.59. The number of anilines is 1. The predicted octanol–water partition coefficient (Wildman–Crippen LogP) is 5.66. The number of carbonyl (C=O) groups is 1. The quantitative estimate of drug-likeness (QED) is 0.428. The first-order valence-electron chi connectivity index (χ1n) is 10.7. The molecule has 0 bridgehead atoms. The molecule has 178 valence electrons. The van der Waals surface area contributed by atoms with Gasteiger partial charge in [-0.1, -0.05) is 36.7 Å². The summed E-state index contributed by atoms with van der Waals surface area (Å²) in [6, 6.07) is 14.6. The summed E-state index contributed by atoms with van der Waals surface area (Å²) in [5.41, 5.74) is 0.666. The molecule has 34 heavy (non-hydrogen) atoms. The highest BCUT2D eigenvalue weighted by atomic mass is 35.5. The Labute approximate surface area is 201 Å². The molecule has 1 amide bonds. The first-order chi connectivity index (χ1) is 16.1. The minimum atomic E-state index is -3.31. The number of nitrogens with one attached hydrogen (secondary N) is 1. The molecule has 5 nitrogen and oxygen atoms in total. The molecule has 0 heterocycles. The molecule has 0 aromatic heterocycles. The third-order valence-electron chi connectivity index (χ3n) is 5.70. The summed E-state index contributed by atoms with van der Waals surface area (Å²) in [5, 5.41) is 2.63. The lowest BCUT2D eigenvalue weighted by molar-refractivity contribution is -0.115. The molecule has 0 atom stereocenters. The van der Waals surface area contributed by atoms with E-state index in [1.807, 2.05) is 0 Å². The highest BCUT2D eigenvalue weighted by molar-refractivity contribution is 7.91. The van der Waals surface area contributed by atoms with Gasteiger partial charge in [-0.3, -0.25) is 4.79 Å². The zero-order chi connectivity index (χ0) is 24.5. The predicted molar refractivity (Wildman–Crippen MR) is 126 cm³/mol. The molecule has 0 spiro atoms. The van der Waals surface area contributed by atoms with Gasteiger partial charge in [-0.25, -0.2) is 17.2 Å². The minimum absolute atomic E-state index is 0.00132. The van der Waals surface area contributed by atoms with Crippen LogP contribution in [0.4, 0.5) is 14.5 Å². The number of halogens is 3. The maximum Gasteiger partial charge on any atom is 0.228 e. The third kappa shape index (κ3) is 5.23. The van der Waals surface area contributed by atoms with Crippen molar-refractivity contribution < 1.29 is 26.7 Å². The van der Waals surface area contributed by atoms with Crippen molar-refractivity contribution in [2.75, 3.05) is 11.1 Å². The van der Waals surface area contributed by atoms with Gasteiger partial charge in [0.25, 0.3) is 0 Å². The molecule has 3 aromatic carbocycles. The smallest absolute Gasteiger partial charge is 0.228 e. The monoisotopic (exact) mass is 505 g/mol. The Hall–Kier alpha value is -2.97. The molecule has 0 saturated heterocycles. The van der Waals surface area contributed by atoms with E-state index in [4.69, 9.17) is 16.3 Å². The molecule has 1 fully saturated rings. The van der Waals surface area contributed by atoms with Gasteiger partial charge in [0, 0.05) is 11.8 Å². The summed E-state index contributed by atoms with van der Waals surface area (Å²) in [6.45, 7) is 1.56. The minimum Gasteiger partial charge on any atom is -0.479 e. The zero-order valence-corrected chi connectivity index (χ0v) is 19.8. The van der Waals surface area contributed by atoms with Gasteiger partial charge in [0.2, 0.25) is 5.91 Å². The molecule has 0 radical (unpaired) electrons. The highest BCUT2D eigenvalue weighted by Crippen LogP contribution is 2.50. The Bertz CT molecular complexity index is 1340. The van der Waals surface area contributed by atoms with Crippen molar-refractivity contribution in [1.82, 2.24) is 0 Å². The van der Waals surface area contributed by atoms with E-state index in [-0.39, 0.29) is 39.4 Å². The highest BCUT2D eigenvalue weighted by Gasteiger charge is 2.48. The number of amides is 1. The van der Waals surface area contributed by atoms with Crippen LogP contribution in [0.15, 0.2) is 65.6 Å². The lowest BCUT2D eigenvalue weighted by Gasteiger charge is -2.20. The van der Waals surface area contributed by atoms with Gasteiger partial charge in [-0.15, -0.1) is 0 Å². The van der Waals surface area contributed by atoms with Gasteiger partial charge < -0.3 is 10.1 Å². The summed E-state index contributed by atoms with van der Waals surface area (Å²) >= 11 is 5.74. The molecule has 1 saturated carbocycles. The second kappa shape index (κ2) is 9.35. The molecule has 1 aliphatic rings. The molecule has 0 aliphatic heterocycles. The summed E-state index contributed by atoms with van der Waals surface area (Å²) in [7, 11) is -3.31. The zero-order valence-electron chi connectivity index (χ0n) is 18.3. The normalized spacial score (nSPS) is 14.5. The Kier molecular flexibility index (Phi) is 6.64. The summed E-state index contributed by atoms with van der Waals surface area (Å²) in [4.78, 5) is 12.6. The second-order valence-corrected chi connectivity index (χ2v) is 10.8. The fourth-order valence-corrected chi connectivity index (χ4v) is 4.59. The van der Waals surface area contributed by atoms with Gasteiger partial charge >= 0.3 is 0 Å². The van der Waals surface area contributed by atoms with Crippen LogP contribution in [0.25, 0.3) is 0 Å². The van der Waals surface area contributed by atoms with Gasteiger partial charge in [0.05, 0.1) is 22.1 Å². The molecule has 3 aromatic rings. The summed E-state index contributed by atoms with van der Waals surface area (Å²) in [5.74, 6) is -1.61. The largest absolute Gasteiger partial charge is 0.479 e. The van der Waals surface area contributed by atoms with Crippen LogP contribution in [0.1, 0.15) is 30.9 Å². The second-order valence-electron chi connectivity index (χ2n) is 8.14. The topological polar surface area (TPSA) is 72.5 Å². The van der Waals surface area contributed by atoms with Crippen LogP contribution in [0.2, 0.25) is 5.02 Å². The van der Waals surface area contributed by atoms with Crippen molar-refractivity contribution in [1.29, 1.82) is 0 Å². The number of benzene rings is 3. The van der Waals surface area contributed by atoms with E-state index in [1.54, 1.807) is 25.1 Å². The lowest BCUT2D eigenvalue weighted by atomic mass is 10.1. The molecule has 9 heteroatoms. The maximum atomic E-state index is 14.7. The SMILES string of the molecule is CCS(=O)(=O)c1ccc(CC(=O)Nc2ccc(OC3(c4ccc(Cl)c(F)c4)CC3)c(F)c2)cc1. The van der Waals surface area contributed by atoms with E-state index in [1.165, 1.54) is 36.4 Å². The van der Waals surface area contributed by atoms with Crippen LogP contribution in [0.5, 0.6) is 5.75 Å². The Morgan fingerprint density at radius 3 is 2.32 bits per heavy atom. The lowest BCUT2D eigenvalue weighted by Crippen LogP contribution is -2.17. The number of rotatable bonds is 8. The van der Waals surface area contributed by atoms with Crippen LogP contribution in [-0.2, 0) is 26.7 Å². The molecule has 0 unspecified atom stereocenters. The Morgan fingerprint density at radius 1 is 1.03 bits per heavy atom. The first-order valence-corrected chi connectivity index (χ1v) is 12.7. The summed E-state index contributed by atoms with van der Waals surface area (Å²) < 4.78 is 58.2. The van der Waals surface area contributed by atoms with Crippen LogP contribution >= 0.6 is 11.6 Å². The number of sulfone groups is 1. The Morgan fingerprint density at radius 2 is 1.74 bits per heavy atom. The molecule has 4 rings (SSSR count). The van der Waals surface area contributed by atoms with E-state index in [2.05, 4.69) is 5.32 Å². The Balaban J connectivity index is 1.40. The average Bonchev–Trinajstić information content (AvgIpc) is 3.58. The molecule has 1 N–H and O–H groups in total. The van der Waals surface area contributed by atoms with E-state index in [9.17, 15) is 22.0 Å². The van der Waals surface area contributed by atoms with Crippen molar-refractivity contribution in [3.63, 3.8) is 0 Å². The number of carbonyl (C=O) groups excluding carboxylic acids is 1. The van der Waals surface area contributed by atoms with Crippen molar-refractivity contribution >= 4 is 33.0 Å². The number of hydrogen-bond donors (Lipinski definition) is 1. The van der Waals surface area contributed by atoms with Crippen LogP contribution < -0.4 is 10.1 Å². The number of hydrogen-bond acceptors (Lipinski definition) is 4. The van der Waals surface area contributed by atoms with E-state index < -0.39 is 27.1 Å². The number of ether oxygens (including phenoxy) is 1. The van der Waals surface area contributed by atoms with Gasteiger partial charge in [-0.05, 0) is 60.4 Å². The van der Waals surface area contributed by atoms with E-state index in [0.29, 0.717) is 24.0 Å². The summed E-state index contributed by atoms with van der Waals surface area (Å²) in [6.07, 6.45) is 1.23. The van der Waals surface area contributed by atoms with E-state index in [0.717, 1.165) is 6.07 Å².